The summed E-state index contributed by atoms with van der Waals surface area (Å²) in [5.74, 6) is 0. The molecule has 4 rings (SSSR count). The molecule has 8 nitrogen and oxygen atoms in total. The van der Waals surface area contributed by atoms with E-state index in [4.69, 9.17) is 9.47 Å². The third-order valence-corrected chi connectivity index (χ3v) is 5.99. The van der Waals surface area contributed by atoms with Gasteiger partial charge in [-0.2, -0.15) is 5.26 Å². The monoisotopic (exact) mass is 451 g/mol. The maximum absolute atomic E-state index is 12.1. The van der Waals surface area contributed by atoms with Crippen molar-refractivity contribution < 1.29 is 14.3 Å². The molecule has 1 aromatic carbocycles. The highest BCUT2D eigenvalue weighted by molar-refractivity contribution is 5.95. The summed E-state index contributed by atoms with van der Waals surface area (Å²) >= 11 is 0. The number of pyridine rings is 1. The van der Waals surface area contributed by atoms with E-state index in [9.17, 15) is 10.1 Å². The Balaban J connectivity index is 1.40. The van der Waals surface area contributed by atoms with Crippen molar-refractivity contribution in [1.82, 2.24) is 15.2 Å². The molecule has 2 aliphatic rings. The van der Waals surface area contributed by atoms with Gasteiger partial charge in [-0.25, -0.2) is 4.79 Å². The van der Waals surface area contributed by atoms with Gasteiger partial charge in [0.15, 0.2) is 0 Å². The summed E-state index contributed by atoms with van der Waals surface area (Å²) in [5.41, 5.74) is 1.92. The Bertz CT molecular complexity index is 1040. The van der Waals surface area contributed by atoms with Gasteiger partial charge >= 0.3 is 6.09 Å². The SMILES string of the molecule is C[C@@H]1CN(c2ccc(C#N)c3ncccc23)C[C@H](CN2CC[C@@H](NC(=O)OC(C)(C)C)C2)O1. The zero-order valence-electron chi connectivity index (χ0n) is 19.9. The zero-order valence-corrected chi connectivity index (χ0v) is 19.9. The van der Waals surface area contributed by atoms with Gasteiger partial charge in [-0.15, -0.1) is 0 Å². The van der Waals surface area contributed by atoms with Crippen molar-refractivity contribution in [3.05, 3.63) is 36.0 Å². The van der Waals surface area contributed by atoms with Crippen LogP contribution in [0.1, 0.15) is 39.7 Å². The molecule has 2 aliphatic heterocycles. The second-order valence-electron chi connectivity index (χ2n) is 10.0. The summed E-state index contributed by atoms with van der Waals surface area (Å²) < 4.78 is 11.7. The summed E-state index contributed by atoms with van der Waals surface area (Å²) in [6, 6.07) is 10.2. The Labute approximate surface area is 195 Å². The highest BCUT2D eigenvalue weighted by Crippen LogP contribution is 2.30. The van der Waals surface area contributed by atoms with Crippen LogP contribution in [0.2, 0.25) is 0 Å². The third kappa shape index (κ3) is 5.73. The zero-order chi connectivity index (χ0) is 23.6. The first-order valence-corrected chi connectivity index (χ1v) is 11.6. The number of fused-ring (bicyclic) bond motifs is 1. The van der Waals surface area contributed by atoms with Gasteiger partial charge in [-0.1, -0.05) is 0 Å². The highest BCUT2D eigenvalue weighted by Gasteiger charge is 2.32. The lowest BCUT2D eigenvalue weighted by atomic mass is 10.1. The van der Waals surface area contributed by atoms with Gasteiger partial charge in [0, 0.05) is 56.0 Å². The number of ether oxygens (including phenoxy) is 2. The summed E-state index contributed by atoms with van der Waals surface area (Å²) in [4.78, 5) is 21.2. The molecule has 2 aromatic rings. The molecule has 3 heterocycles. The number of likely N-dealkylation sites (tertiary alicyclic amines) is 1. The van der Waals surface area contributed by atoms with Crippen molar-refractivity contribution in [1.29, 1.82) is 5.26 Å². The van der Waals surface area contributed by atoms with Crippen LogP contribution in [-0.2, 0) is 9.47 Å². The van der Waals surface area contributed by atoms with E-state index < -0.39 is 5.60 Å². The molecular weight excluding hydrogens is 418 g/mol. The van der Waals surface area contributed by atoms with Crippen LogP contribution in [-0.4, -0.2) is 72.6 Å². The first-order valence-electron chi connectivity index (χ1n) is 11.6. The number of anilines is 1. The second-order valence-corrected chi connectivity index (χ2v) is 10.0. The summed E-state index contributed by atoms with van der Waals surface area (Å²) in [6.45, 7) is 11.8. The van der Waals surface area contributed by atoms with E-state index in [1.165, 1.54) is 0 Å². The molecule has 1 amide bonds. The standard InChI is InChI=1S/C25H33N5O3/c1-17-13-30(22-8-7-18(12-26)23-21(22)6-5-10-27-23)16-20(32-17)15-29-11-9-19(14-29)28-24(31)33-25(2,3)4/h5-8,10,17,19-20H,9,11,13-16H2,1-4H3,(H,28,31)/t17-,19-,20+/m1/s1. The summed E-state index contributed by atoms with van der Waals surface area (Å²) in [6.07, 6.45) is 2.41. The van der Waals surface area contributed by atoms with Crippen molar-refractivity contribution in [3.63, 3.8) is 0 Å². The van der Waals surface area contributed by atoms with Gasteiger partial charge in [0.25, 0.3) is 0 Å². The Morgan fingerprint density at radius 1 is 1.30 bits per heavy atom. The van der Waals surface area contributed by atoms with Crippen molar-refractivity contribution in [2.24, 2.45) is 0 Å². The Morgan fingerprint density at radius 3 is 2.88 bits per heavy atom. The fraction of sp³-hybridized carbons (Fsp3) is 0.560. The van der Waals surface area contributed by atoms with Gasteiger partial charge in [-0.3, -0.25) is 9.88 Å². The summed E-state index contributed by atoms with van der Waals surface area (Å²) in [5, 5.41) is 13.4. The Morgan fingerprint density at radius 2 is 2.12 bits per heavy atom. The number of hydrogen-bond donors (Lipinski definition) is 1. The molecule has 0 radical (unpaired) electrons. The number of carbonyl (C=O) groups is 1. The van der Waals surface area contributed by atoms with Gasteiger partial charge < -0.3 is 19.7 Å². The quantitative estimate of drug-likeness (QED) is 0.763. The van der Waals surface area contributed by atoms with E-state index in [2.05, 4.69) is 33.1 Å². The van der Waals surface area contributed by atoms with Crippen LogP contribution in [0.4, 0.5) is 10.5 Å². The minimum Gasteiger partial charge on any atom is -0.444 e. The van der Waals surface area contributed by atoms with Crippen LogP contribution in [0, 0.1) is 11.3 Å². The number of aromatic nitrogens is 1. The molecule has 1 aromatic heterocycles. The van der Waals surface area contributed by atoms with Crippen LogP contribution in [0.25, 0.3) is 10.9 Å². The van der Waals surface area contributed by atoms with Crippen LogP contribution >= 0.6 is 0 Å². The molecular formula is C25H33N5O3. The van der Waals surface area contributed by atoms with E-state index in [1.54, 1.807) is 6.20 Å². The number of amides is 1. The van der Waals surface area contributed by atoms with Gasteiger partial charge in [-0.05, 0) is 58.4 Å². The maximum atomic E-state index is 12.1. The van der Waals surface area contributed by atoms with Crippen LogP contribution in [0.3, 0.4) is 0 Å². The van der Waals surface area contributed by atoms with E-state index in [0.717, 1.165) is 55.7 Å². The van der Waals surface area contributed by atoms with Crippen LogP contribution in [0.15, 0.2) is 30.5 Å². The first kappa shape index (κ1) is 23.3. The number of hydrogen-bond acceptors (Lipinski definition) is 7. The smallest absolute Gasteiger partial charge is 0.407 e. The molecule has 0 saturated carbocycles. The average Bonchev–Trinajstić information content (AvgIpc) is 3.17. The fourth-order valence-electron chi connectivity index (χ4n) is 4.74. The lowest BCUT2D eigenvalue weighted by molar-refractivity contribution is -0.0295. The molecule has 0 unspecified atom stereocenters. The number of nitriles is 1. The minimum absolute atomic E-state index is 0.0522. The molecule has 0 bridgehead atoms. The number of alkyl carbamates (subject to hydrolysis) is 1. The fourth-order valence-corrected chi connectivity index (χ4v) is 4.74. The largest absolute Gasteiger partial charge is 0.444 e. The van der Waals surface area contributed by atoms with E-state index >= 15 is 0 Å². The van der Waals surface area contributed by atoms with Gasteiger partial charge in [0.1, 0.15) is 11.7 Å². The number of nitrogens with zero attached hydrogens (tertiary/aromatic N) is 4. The van der Waals surface area contributed by atoms with Crippen molar-refractivity contribution >= 4 is 22.7 Å². The number of benzene rings is 1. The molecule has 33 heavy (non-hydrogen) atoms. The summed E-state index contributed by atoms with van der Waals surface area (Å²) in [7, 11) is 0. The van der Waals surface area contributed by atoms with Crippen LogP contribution < -0.4 is 10.2 Å². The number of morpholine rings is 1. The molecule has 176 valence electrons. The maximum Gasteiger partial charge on any atom is 0.407 e. The topological polar surface area (TPSA) is 90.7 Å². The van der Waals surface area contributed by atoms with E-state index in [0.29, 0.717) is 5.56 Å². The lowest BCUT2D eigenvalue weighted by Crippen LogP contribution is -2.51. The highest BCUT2D eigenvalue weighted by atomic mass is 16.6. The molecule has 0 spiro atoms. The van der Waals surface area contributed by atoms with Gasteiger partial charge in [0.05, 0.1) is 23.3 Å². The first-order chi connectivity index (χ1) is 15.7. The third-order valence-electron chi connectivity index (χ3n) is 5.99. The number of rotatable bonds is 4. The van der Waals surface area contributed by atoms with Crippen molar-refractivity contribution in [2.45, 2.75) is 58.0 Å². The minimum atomic E-state index is -0.497. The molecule has 1 N–H and O–H groups in total. The number of nitrogens with one attached hydrogen (secondary N) is 1. The van der Waals surface area contributed by atoms with Crippen molar-refractivity contribution in [3.8, 4) is 6.07 Å². The molecule has 8 heteroatoms. The molecule has 3 atom stereocenters. The normalized spacial score (nSPS) is 24.0. The second kappa shape index (κ2) is 9.54. The molecule has 2 fully saturated rings. The lowest BCUT2D eigenvalue weighted by Gasteiger charge is -2.40. The van der Waals surface area contributed by atoms with Crippen LogP contribution in [0.5, 0.6) is 0 Å². The van der Waals surface area contributed by atoms with Gasteiger partial charge in [0.2, 0.25) is 0 Å². The molecule has 2 saturated heterocycles. The predicted molar refractivity (Wildman–Crippen MR) is 127 cm³/mol. The molecule has 0 aliphatic carbocycles. The predicted octanol–water partition coefficient (Wildman–Crippen LogP) is 3.30. The van der Waals surface area contributed by atoms with Crippen molar-refractivity contribution in [2.75, 3.05) is 37.6 Å². The van der Waals surface area contributed by atoms with E-state index in [-0.39, 0.29) is 24.3 Å². The Hall–Kier alpha value is -2.89. The van der Waals surface area contributed by atoms with E-state index in [1.807, 2.05) is 45.0 Å². The Kier molecular flexibility index (Phi) is 6.73. The average molecular weight is 452 g/mol. The number of carbonyl (C=O) groups excluding carboxylic acids is 1.